The number of hydrogen-bond donors (Lipinski definition) is 2. The highest BCUT2D eigenvalue weighted by atomic mass is 16.7. The summed E-state index contributed by atoms with van der Waals surface area (Å²) in [6.07, 6.45) is -1.28. The van der Waals surface area contributed by atoms with Crippen LogP contribution in [0.4, 0.5) is 0 Å². The van der Waals surface area contributed by atoms with Gasteiger partial charge in [0.15, 0.2) is 12.2 Å². The number of nitrogens with one attached hydrogen (secondary N) is 1. The van der Waals surface area contributed by atoms with E-state index in [0.717, 1.165) is 0 Å². The van der Waals surface area contributed by atoms with Crippen molar-refractivity contribution in [1.29, 1.82) is 0 Å². The van der Waals surface area contributed by atoms with Crippen molar-refractivity contribution >= 4 is 11.9 Å². The van der Waals surface area contributed by atoms with Crippen LogP contribution < -0.4 is 11.2 Å². The van der Waals surface area contributed by atoms with Gasteiger partial charge in [-0.1, -0.05) is 27.7 Å². The first-order valence-electron chi connectivity index (χ1n) is 10.1. The number of fused-ring (bicyclic) bond motifs is 1. The number of hydrogen-bond acceptors (Lipinski definition) is 10. The van der Waals surface area contributed by atoms with Crippen LogP contribution in [0.5, 0.6) is 0 Å². The predicted octanol–water partition coefficient (Wildman–Crippen LogP) is 0.330. The van der Waals surface area contributed by atoms with Crippen molar-refractivity contribution in [3.8, 4) is 0 Å². The number of carbonyl (C=O) groups is 2. The van der Waals surface area contributed by atoms with Gasteiger partial charge in [-0.25, -0.2) is 0 Å². The molecule has 2 heterocycles. The number of nitrogens with two attached hydrogens (primary N) is 1. The zero-order valence-electron chi connectivity index (χ0n) is 17.8. The molecule has 2 fully saturated rings. The minimum absolute atomic E-state index is 0.134. The number of rotatable bonds is 10. The summed E-state index contributed by atoms with van der Waals surface area (Å²) < 4.78 is 22.4. The fourth-order valence-electron chi connectivity index (χ4n) is 3.60. The summed E-state index contributed by atoms with van der Waals surface area (Å²) in [6, 6.07) is -1.46. The molecule has 0 amide bonds. The van der Waals surface area contributed by atoms with Crippen molar-refractivity contribution in [3.05, 3.63) is 5.21 Å². The van der Waals surface area contributed by atoms with Gasteiger partial charge in [0.2, 0.25) is 0 Å². The Hall–Kier alpha value is -1.30. The second kappa shape index (κ2) is 10.6. The maximum atomic E-state index is 12.5. The van der Waals surface area contributed by atoms with Gasteiger partial charge in [-0.3, -0.25) is 15.0 Å². The molecule has 29 heavy (non-hydrogen) atoms. The van der Waals surface area contributed by atoms with Gasteiger partial charge in [-0.2, -0.15) is 0 Å². The molecule has 0 aromatic carbocycles. The minimum atomic E-state index is -0.763. The van der Waals surface area contributed by atoms with Crippen molar-refractivity contribution in [2.45, 2.75) is 77.0 Å². The van der Waals surface area contributed by atoms with Crippen molar-refractivity contribution in [2.24, 2.45) is 17.6 Å². The van der Waals surface area contributed by atoms with Crippen molar-refractivity contribution < 1.29 is 28.5 Å². The Morgan fingerprint density at radius 1 is 1.03 bits per heavy atom. The normalized spacial score (nSPS) is 28.6. The summed E-state index contributed by atoms with van der Waals surface area (Å²) >= 11 is 0. The fourth-order valence-corrected chi connectivity index (χ4v) is 3.60. The number of hydroxylamine groups is 1. The first kappa shape index (κ1) is 24.0. The quantitative estimate of drug-likeness (QED) is 0.379. The minimum Gasteiger partial charge on any atom is -0.772 e. The van der Waals surface area contributed by atoms with Gasteiger partial charge >= 0.3 is 11.9 Å². The smallest absolute Gasteiger partial charge is 0.324 e. The lowest BCUT2D eigenvalue weighted by molar-refractivity contribution is -0.158. The third-order valence-electron chi connectivity index (χ3n) is 4.85. The molecule has 0 aliphatic carbocycles. The molecule has 0 bridgehead atoms. The van der Waals surface area contributed by atoms with Crippen LogP contribution in [0, 0.1) is 17.0 Å². The van der Waals surface area contributed by atoms with E-state index in [1.54, 1.807) is 0 Å². The van der Waals surface area contributed by atoms with E-state index in [9.17, 15) is 14.8 Å². The fraction of sp³-hybridized carbons (Fsp3) is 0.895. The second-order valence-corrected chi connectivity index (χ2v) is 8.59. The Balaban J connectivity index is 1.90. The molecule has 10 heteroatoms. The molecule has 0 radical (unpaired) electrons. The Morgan fingerprint density at radius 2 is 1.52 bits per heavy atom. The van der Waals surface area contributed by atoms with Crippen LogP contribution in [-0.2, 0) is 28.5 Å². The molecule has 0 spiro atoms. The van der Waals surface area contributed by atoms with Gasteiger partial charge in [0.25, 0.3) is 0 Å². The molecule has 0 aromatic rings. The summed E-state index contributed by atoms with van der Waals surface area (Å²) in [5.74, 6) is -0.568. The molecule has 10 nitrogen and oxygen atoms in total. The van der Waals surface area contributed by atoms with Crippen LogP contribution in [0.2, 0.25) is 0 Å². The van der Waals surface area contributed by atoms with E-state index < -0.39 is 48.4 Å². The molecule has 6 unspecified atom stereocenters. The SMILES string of the molecule is CC(C)CC(N)C(=O)OC1COC2C(OC(=O)C(CC(C)C)NN(C)[O-])COC12. The lowest BCUT2D eigenvalue weighted by Gasteiger charge is -2.30. The number of carbonyl (C=O) groups excluding carboxylic acids is 2. The molecule has 168 valence electrons. The highest BCUT2D eigenvalue weighted by molar-refractivity contribution is 5.76. The van der Waals surface area contributed by atoms with Crippen molar-refractivity contribution in [1.82, 2.24) is 10.6 Å². The molecular weight excluding hydrogens is 382 g/mol. The maximum absolute atomic E-state index is 12.5. The van der Waals surface area contributed by atoms with E-state index >= 15 is 0 Å². The largest absolute Gasteiger partial charge is 0.772 e. The standard InChI is InChI=1S/C19H34N3O7/c1-10(2)6-12(20)18(23)28-14-8-26-17-15(9-27-16(14)17)29-19(24)13(7-11(3)4)21-22(5)25/h10-17,21H,6-9,20H2,1-5H3/q-1. The van der Waals surface area contributed by atoms with Crippen LogP contribution in [0.3, 0.4) is 0 Å². The average Bonchev–Trinajstić information content (AvgIpc) is 3.16. The van der Waals surface area contributed by atoms with Crippen LogP contribution in [-0.4, -0.2) is 73.9 Å². The van der Waals surface area contributed by atoms with E-state index in [1.165, 1.54) is 7.05 Å². The molecule has 2 aliphatic rings. The summed E-state index contributed by atoms with van der Waals surface area (Å²) in [4.78, 5) is 24.7. The highest BCUT2D eigenvalue weighted by Crippen LogP contribution is 2.31. The molecule has 0 saturated carbocycles. The number of esters is 2. The Kier molecular flexibility index (Phi) is 8.80. The number of nitrogens with zero attached hydrogens (tertiary/aromatic N) is 1. The summed E-state index contributed by atoms with van der Waals surface area (Å²) in [7, 11) is 1.28. The molecule has 3 N–H and O–H groups in total. The molecule has 2 aliphatic heterocycles. The third-order valence-corrected chi connectivity index (χ3v) is 4.85. The van der Waals surface area contributed by atoms with Crippen LogP contribution >= 0.6 is 0 Å². The zero-order valence-corrected chi connectivity index (χ0v) is 17.8. The third kappa shape index (κ3) is 6.87. The lowest BCUT2D eigenvalue weighted by Crippen LogP contribution is -2.47. The monoisotopic (exact) mass is 416 g/mol. The summed E-state index contributed by atoms with van der Waals surface area (Å²) in [5.41, 5.74) is 8.42. The topological polar surface area (TPSA) is 135 Å². The Bertz CT molecular complexity index is 548. The average molecular weight is 416 g/mol. The maximum Gasteiger partial charge on any atom is 0.324 e. The van der Waals surface area contributed by atoms with Gasteiger partial charge in [-0.05, 0) is 31.7 Å². The molecule has 6 atom stereocenters. The van der Waals surface area contributed by atoms with E-state index in [4.69, 9.17) is 24.7 Å². The second-order valence-electron chi connectivity index (χ2n) is 8.59. The zero-order chi connectivity index (χ0) is 21.7. The van der Waals surface area contributed by atoms with Crippen molar-refractivity contribution in [3.63, 3.8) is 0 Å². The molecular formula is C19H34N3O7-. The first-order valence-corrected chi connectivity index (χ1v) is 10.1. The van der Waals surface area contributed by atoms with Gasteiger partial charge < -0.3 is 35.1 Å². The predicted molar refractivity (Wildman–Crippen MR) is 104 cm³/mol. The molecule has 2 saturated heterocycles. The van der Waals surface area contributed by atoms with E-state index in [-0.39, 0.29) is 25.0 Å². The van der Waals surface area contributed by atoms with E-state index in [0.29, 0.717) is 18.0 Å². The van der Waals surface area contributed by atoms with Crippen LogP contribution in [0.1, 0.15) is 40.5 Å². The van der Waals surface area contributed by atoms with Crippen molar-refractivity contribution in [2.75, 3.05) is 20.3 Å². The lowest BCUT2D eigenvalue weighted by atomic mass is 10.0. The highest BCUT2D eigenvalue weighted by Gasteiger charge is 2.51. The summed E-state index contributed by atoms with van der Waals surface area (Å²) in [5, 5.41) is 11.8. The van der Waals surface area contributed by atoms with Gasteiger partial charge in [0, 0.05) is 0 Å². The number of ether oxygens (including phenoxy) is 4. The van der Waals surface area contributed by atoms with Crippen LogP contribution in [0.25, 0.3) is 0 Å². The molecule has 0 aromatic heterocycles. The van der Waals surface area contributed by atoms with Crippen LogP contribution in [0.15, 0.2) is 0 Å². The Morgan fingerprint density at radius 3 is 1.97 bits per heavy atom. The molecule has 2 rings (SSSR count). The van der Waals surface area contributed by atoms with Gasteiger partial charge in [0.05, 0.1) is 13.2 Å². The van der Waals surface area contributed by atoms with E-state index in [1.807, 2.05) is 27.7 Å². The Labute approximate surface area is 171 Å². The van der Waals surface area contributed by atoms with Gasteiger partial charge in [0.1, 0.15) is 24.3 Å². The number of hydrazine groups is 1. The first-order chi connectivity index (χ1) is 13.6. The summed E-state index contributed by atoms with van der Waals surface area (Å²) in [6.45, 7) is 8.14. The van der Waals surface area contributed by atoms with E-state index in [2.05, 4.69) is 5.43 Å². The van der Waals surface area contributed by atoms with Gasteiger partial charge in [-0.15, -0.1) is 0 Å².